The van der Waals surface area contributed by atoms with Crippen molar-refractivity contribution in [2.45, 2.75) is 0 Å². The minimum Gasteiger partial charge on any atom is -0.321 e. The van der Waals surface area contributed by atoms with Gasteiger partial charge < -0.3 is 5.32 Å². The van der Waals surface area contributed by atoms with Crippen LogP contribution in [-0.4, -0.2) is 10.9 Å². The summed E-state index contributed by atoms with van der Waals surface area (Å²) in [4.78, 5) is 15.7. The summed E-state index contributed by atoms with van der Waals surface area (Å²) in [6, 6.07) is 9.94. The first-order chi connectivity index (χ1) is 8.15. The number of nitrogens with zero attached hydrogens (tertiary/aromatic N) is 1. The van der Waals surface area contributed by atoms with E-state index in [2.05, 4.69) is 10.3 Å². The van der Waals surface area contributed by atoms with Gasteiger partial charge in [0.15, 0.2) is 0 Å². The predicted octanol–water partition coefficient (Wildman–Crippen LogP) is 3.64. The van der Waals surface area contributed by atoms with Crippen LogP contribution in [0.5, 0.6) is 0 Å². The Morgan fingerprint density at radius 1 is 1.06 bits per heavy atom. The van der Waals surface area contributed by atoms with E-state index in [-0.39, 0.29) is 11.6 Å². The third-order valence-corrected chi connectivity index (χ3v) is 2.54. The van der Waals surface area contributed by atoms with Gasteiger partial charge in [-0.3, -0.25) is 9.78 Å². The van der Waals surface area contributed by atoms with Crippen molar-refractivity contribution in [3.8, 4) is 0 Å². The molecule has 1 heterocycles. The third kappa shape index (κ3) is 3.19. The number of amides is 1. The molecule has 2 aromatic rings. The van der Waals surface area contributed by atoms with E-state index >= 15 is 0 Å². The predicted molar refractivity (Wildman–Crippen MR) is 68.7 cm³/mol. The summed E-state index contributed by atoms with van der Waals surface area (Å²) in [5.41, 5.74) is 0.925. The van der Waals surface area contributed by atoms with Crippen molar-refractivity contribution in [1.29, 1.82) is 0 Å². The molecule has 17 heavy (non-hydrogen) atoms. The van der Waals surface area contributed by atoms with E-state index in [1.165, 1.54) is 12.3 Å². The van der Waals surface area contributed by atoms with Crippen LogP contribution in [0.2, 0.25) is 10.0 Å². The van der Waals surface area contributed by atoms with E-state index in [9.17, 15) is 4.79 Å². The molecular formula is C12H8Cl2N2O. The van der Waals surface area contributed by atoms with Gasteiger partial charge in [-0.05, 0) is 36.4 Å². The van der Waals surface area contributed by atoms with Crippen molar-refractivity contribution in [3.05, 3.63) is 58.3 Å². The smallest absolute Gasteiger partial charge is 0.274 e. The van der Waals surface area contributed by atoms with Gasteiger partial charge in [-0.15, -0.1) is 0 Å². The normalized spacial score (nSPS) is 10.0. The van der Waals surface area contributed by atoms with E-state index in [1.807, 2.05) is 0 Å². The van der Waals surface area contributed by atoms with Crippen molar-refractivity contribution in [3.63, 3.8) is 0 Å². The van der Waals surface area contributed by atoms with Crippen LogP contribution in [0.4, 0.5) is 5.69 Å². The van der Waals surface area contributed by atoms with Crippen LogP contribution in [0, 0.1) is 0 Å². The van der Waals surface area contributed by atoms with Crippen LogP contribution >= 0.6 is 23.2 Å². The number of anilines is 1. The standard InChI is InChI=1S/C12H8Cl2N2O/c13-8-1-3-10(4-2-8)16-12(17)11-7-9(14)5-6-15-11/h1-7H,(H,16,17). The molecule has 0 unspecified atom stereocenters. The monoisotopic (exact) mass is 266 g/mol. The second kappa shape index (κ2) is 5.17. The molecule has 0 aliphatic carbocycles. The molecule has 0 spiro atoms. The lowest BCUT2D eigenvalue weighted by Crippen LogP contribution is -2.13. The van der Waals surface area contributed by atoms with E-state index in [1.54, 1.807) is 30.3 Å². The van der Waals surface area contributed by atoms with Gasteiger partial charge in [-0.25, -0.2) is 0 Å². The summed E-state index contributed by atoms with van der Waals surface area (Å²) < 4.78 is 0. The van der Waals surface area contributed by atoms with Crippen LogP contribution in [0.1, 0.15) is 10.5 Å². The molecule has 0 radical (unpaired) electrons. The van der Waals surface area contributed by atoms with Crippen LogP contribution in [0.25, 0.3) is 0 Å². The fourth-order valence-electron chi connectivity index (χ4n) is 1.26. The zero-order chi connectivity index (χ0) is 12.3. The number of aromatic nitrogens is 1. The van der Waals surface area contributed by atoms with Gasteiger partial charge in [0.25, 0.3) is 5.91 Å². The maximum atomic E-state index is 11.8. The molecule has 1 N–H and O–H groups in total. The summed E-state index contributed by atoms with van der Waals surface area (Å²) >= 11 is 11.5. The molecule has 1 aromatic heterocycles. The fourth-order valence-corrected chi connectivity index (χ4v) is 1.54. The fraction of sp³-hybridized carbons (Fsp3) is 0. The average molecular weight is 267 g/mol. The summed E-state index contributed by atoms with van der Waals surface area (Å²) in [6.45, 7) is 0. The quantitative estimate of drug-likeness (QED) is 0.902. The van der Waals surface area contributed by atoms with Crippen molar-refractivity contribution < 1.29 is 4.79 Å². The highest BCUT2D eigenvalue weighted by atomic mass is 35.5. The summed E-state index contributed by atoms with van der Waals surface area (Å²) in [6.07, 6.45) is 1.49. The van der Waals surface area contributed by atoms with Gasteiger partial charge in [-0.2, -0.15) is 0 Å². The number of benzene rings is 1. The Kier molecular flexibility index (Phi) is 3.61. The Bertz CT molecular complexity index is 540. The molecule has 1 aromatic carbocycles. The first-order valence-corrected chi connectivity index (χ1v) is 5.59. The maximum absolute atomic E-state index is 11.8. The molecule has 1 amide bonds. The van der Waals surface area contributed by atoms with E-state index in [0.717, 1.165) is 0 Å². The zero-order valence-electron chi connectivity index (χ0n) is 8.65. The number of rotatable bonds is 2. The highest BCUT2D eigenvalue weighted by molar-refractivity contribution is 6.31. The number of carbonyl (C=O) groups excluding carboxylic acids is 1. The van der Waals surface area contributed by atoms with Crippen molar-refractivity contribution in [2.75, 3.05) is 5.32 Å². The molecule has 3 nitrogen and oxygen atoms in total. The van der Waals surface area contributed by atoms with Gasteiger partial charge in [0.1, 0.15) is 5.69 Å². The summed E-state index contributed by atoms with van der Waals surface area (Å²) in [7, 11) is 0. The number of carbonyl (C=O) groups is 1. The molecule has 0 saturated heterocycles. The number of halogens is 2. The molecule has 86 valence electrons. The van der Waals surface area contributed by atoms with E-state index < -0.39 is 0 Å². The summed E-state index contributed by atoms with van der Waals surface area (Å²) in [5.74, 6) is -0.310. The van der Waals surface area contributed by atoms with E-state index in [0.29, 0.717) is 15.7 Å². The van der Waals surface area contributed by atoms with Crippen molar-refractivity contribution in [1.82, 2.24) is 4.98 Å². The molecule has 0 saturated carbocycles. The first-order valence-electron chi connectivity index (χ1n) is 4.83. The Morgan fingerprint density at radius 3 is 2.41 bits per heavy atom. The number of hydrogen-bond donors (Lipinski definition) is 1. The minimum absolute atomic E-state index is 0.271. The van der Waals surface area contributed by atoms with Gasteiger partial charge in [-0.1, -0.05) is 23.2 Å². The van der Waals surface area contributed by atoms with Gasteiger partial charge >= 0.3 is 0 Å². The molecule has 0 fully saturated rings. The lowest BCUT2D eigenvalue weighted by molar-refractivity contribution is 0.102. The maximum Gasteiger partial charge on any atom is 0.274 e. The average Bonchev–Trinajstić information content (AvgIpc) is 2.32. The minimum atomic E-state index is -0.310. The van der Waals surface area contributed by atoms with Crippen LogP contribution < -0.4 is 5.32 Å². The number of nitrogens with one attached hydrogen (secondary N) is 1. The van der Waals surface area contributed by atoms with Gasteiger partial charge in [0.05, 0.1) is 0 Å². The van der Waals surface area contributed by atoms with Crippen LogP contribution in [0.3, 0.4) is 0 Å². The lowest BCUT2D eigenvalue weighted by atomic mass is 10.3. The van der Waals surface area contributed by atoms with Crippen LogP contribution in [-0.2, 0) is 0 Å². The third-order valence-electron chi connectivity index (χ3n) is 2.06. The largest absolute Gasteiger partial charge is 0.321 e. The molecule has 0 aliphatic rings. The molecule has 2 rings (SSSR count). The first kappa shape index (κ1) is 11.9. The topological polar surface area (TPSA) is 42.0 Å². The molecule has 0 aliphatic heterocycles. The number of hydrogen-bond acceptors (Lipinski definition) is 2. The zero-order valence-corrected chi connectivity index (χ0v) is 10.2. The van der Waals surface area contributed by atoms with Gasteiger partial charge in [0, 0.05) is 21.9 Å². The van der Waals surface area contributed by atoms with Gasteiger partial charge in [0.2, 0.25) is 0 Å². The van der Waals surface area contributed by atoms with Crippen molar-refractivity contribution in [2.24, 2.45) is 0 Å². The molecule has 0 atom stereocenters. The Balaban J connectivity index is 2.14. The Hall–Kier alpha value is -1.58. The Labute approximate surface area is 108 Å². The second-order valence-electron chi connectivity index (χ2n) is 3.32. The van der Waals surface area contributed by atoms with Crippen molar-refractivity contribution >= 4 is 34.8 Å². The summed E-state index contributed by atoms with van der Waals surface area (Å²) in [5, 5.41) is 3.78. The second-order valence-corrected chi connectivity index (χ2v) is 4.19. The molecule has 0 bridgehead atoms. The molecule has 5 heteroatoms. The Morgan fingerprint density at radius 2 is 1.76 bits per heavy atom. The SMILES string of the molecule is O=C(Nc1ccc(Cl)cc1)c1cc(Cl)ccn1. The highest BCUT2D eigenvalue weighted by Crippen LogP contribution is 2.15. The molecular weight excluding hydrogens is 259 g/mol. The van der Waals surface area contributed by atoms with E-state index in [4.69, 9.17) is 23.2 Å². The van der Waals surface area contributed by atoms with Crippen LogP contribution in [0.15, 0.2) is 42.6 Å². The highest BCUT2D eigenvalue weighted by Gasteiger charge is 2.07. The lowest BCUT2D eigenvalue weighted by Gasteiger charge is -2.04. The number of pyridine rings is 1.